The zero-order chi connectivity index (χ0) is 21.0. The Morgan fingerprint density at radius 2 is 1.97 bits per heavy atom. The second-order valence-corrected chi connectivity index (χ2v) is 11.4. The summed E-state index contributed by atoms with van der Waals surface area (Å²) in [5.41, 5.74) is 6.75. The fraction of sp³-hybridized carbons (Fsp3) is 0.846. The average Bonchev–Trinajstić information content (AvgIpc) is 3.34. The molecule has 4 aliphatic rings. The second-order valence-electron chi connectivity index (χ2n) is 11.4. The lowest BCUT2D eigenvalue weighted by Crippen LogP contribution is -2.62. The van der Waals surface area contributed by atoms with Crippen molar-refractivity contribution in [3.8, 4) is 0 Å². The minimum absolute atomic E-state index is 0.0240. The van der Waals surface area contributed by atoms with Crippen molar-refractivity contribution in [2.24, 2.45) is 34.3 Å². The predicted octanol–water partition coefficient (Wildman–Crippen LogP) is 5.25. The normalized spacial score (nSPS) is 48.1. The molecule has 1 aromatic heterocycles. The summed E-state index contributed by atoms with van der Waals surface area (Å²) in [7, 11) is 0. The van der Waals surface area contributed by atoms with E-state index in [0.717, 1.165) is 44.8 Å². The summed E-state index contributed by atoms with van der Waals surface area (Å²) in [5.74, 6) is 2.28. The number of fused-ring (bicyclic) bond motifs is 5. The molecule has 4 aliphatic carbocycles. The average molecular weight is 416 g/mol. The van der Waals surface area contributed by atoms with Crippen LogP contribution >= 0.6 is 0 Å². The summed E-state index contributed by atoms with van der Waals surface area (Å²) in [4.78, 5) is 0. The first-order valence-electron chi connectivity index (χ1n) is 12.5. The van der Waals surface area contributed by atoms with Gasteiger partial charge in [-0.15, -0.1) is 0 Å². The quantitative estimate of drug-likeness (QED) is 0.644. The molecule has 4 heteroatoms. The molecule has 0 radical (unpaired) electrons. The lowest BCUT2D eigenvalue weighted by atomic mass is 9.43. The van der Waals surface area contributed by atoms with Crippen LogP contribution in [0.4, 0.5) is 0 Å². The molecule has 1 aromatic rings. The third kappa shape index (κ3) is 2.97. The van der Waals surface area contributed by atoms with Gasteiger partial charge in [-0.2, -0.15) is 0 Å². The monoisotopic (exact) mass is 415 g/mol. The van der Waals surface area contributed by atoms with Crippen LogP contribution in [0.1, 0.15) is 89.5 Å². The van der Waals surface area contributed by atoms with Gasteiger partial charge in [-0.05, 0) is 111 Å². The molecule has 3 N–H and O–H groups in total. The molecular formula is C26H41NO3. The lowest BCUT2D eigenvalue weighted by molar-refractivity contribution is -0.207. The first kappa shape index (κ1) is 21.0. The smallest absolute Gasteiger partial charge is 0.0937 e. The molecule has 0 unspecified atom stereocenters. The summed E-state index contributed by atoms with van der Waals surface area (Å²) in [6, 6.07) is 2.12. The Kier molecular flexibility index (Phi) is 5.35. The molecule has 30 heavy (non-hydrogen) atoms. The Morgan fingerprint density at radius 3 is 2.73 bits per heavy atom. The van der Waals surface area contributed by atoms with E-state index in [4.69, 9.17) is 14.9 Å². The van der Waals surface area contributed by atoms with Crippen LogP contribution in [0.2, 0.25) is 0 Å². The fourth-order valence-corrected chi connectivity index (χ4v) is 8.68. The number of furan rings is 1. The molecule has 0 bridgehead atoms. The molecule has 4 saturated carbocycles. The van der Waals surface area contributed by atoms with Crippen molar-refractivity contribution in [3.63, 3.8) is 0 Å². The van der Waals surface area contributed by atoms with Gasteiger partial charge in [-0.3, -0.25) is 0 Å². The van der Waals surface area contributed by atoms with Gasteiger partial charge in [0, 0.05) is 12.0 Å². The van der Waals surface area contributed by atoms with Crippen LogP contribution in [0, 0.1) is 28.6 Å². The van der Waals surface area contributed by atoms with Crippen LogP contribution in [0.25, 0.3) is 0 Å². The molecule has 168 valence electrons. The van der Waals surface area contributed by atoms with Crippen molar-refractivity contribution < 1.29 is 14.3 Å². The van der Waals surface area contributed by atoms with Crippen LogP contribution in [0.5, 0.6) is 0 Å². The van der Waals surface area contributed by atoms with E-state index in [0.29, 0.717) is 29.3 Å². The van der Waals surface area contributed by atoms with E-state index in [1.165, 1.54) is 44.1 Å². The summed E-state index contributed by atoms with van der Waals surface area (Å²) in [6.07, 6.45) is 15.6. The molecule has 0 spiro atoms. The van der Waals surface area contributed by atoms with Crippen molar-refractivity contribution >= 4 is 0 Å². The predicted molar refractivity (Wildman–Crippen MR) is 118 cm³/mol. The summed E-state index contributed by atoms with van der Waals surface area (Å²) >= 11 is 0. The minimum Gasteiger partial charge on any atom is -0.472 e. The molecule has 4 nitrogen and oxygen atoms in total. The molecule has 1 heterocycles. The van der Waals surface area contributed by atoms with E-state index in [-0.39, 0.29) is 5.41 Å². The molecule has 5 rings (SSSR count). The second kappa shape index (κ2) is 7.64. The molecule has 8 atom stereocenters. The van der Waals surface area contributed by atoms with E-state index in [2.05, 4.69) is 19.9 Å². The number of aliphatic hydroxyl groups is 1. The zero-order valence-electron chi connectivity index (χ0n) is 18.9. The SMILES string of the molecule is C[C@]12CC[C@@H](OCCCN)C[C@H]1CC[C@@H]1[C@@H]2CC[C@]2(C)[C@@H](c3ccoc3)CC[C@]12O. The van der Waals surface area contributed by atoms with Crippen molar-refractivity contribution in [2.75, 3.05) is 13.2 Å². The Balaban J connectivity index is 1.35. The third-order valence-electron chi connectivity index (χ3n) is 10.5. The maximum atomic E-state index is 12.3. The van der Waals surface area contributed by atoms with Crippen LogP contribution in [0.15, 0.2) is 23.0 Å². The van der Waals surface area contributed by atoms with Gasteiger partial charge in [0.2, 0.25) is 0 Å². The van der Waals surface area contributed by atoms with Gasteiger partial charge in [0.25, 0.3) is 0 Å². The Morgan fingerprint density at radius 1 is 1.10 bits per heavy atom. The standard InChI is InChI=1S/C26H41NO3/c1-24-10-6-20(30-14-3-13-27)16-19(24)4-5-23-22(24)7-11-25(2)21(8-12-26(23,25)28)18-9-15-29-17-18/h9,15,17,19-23,28H,3-8,10-14,16,27H2,1-2H3/t19-,20-,21-,22+,23-,24+,25-,26+/m1/s1. The van der Waals surface area contributed by atoms with E-state index < -0.39 is 5.60 Å². The molecule has 0 aromatic carbocycles. The van der Waals surface area contributed by atoms with E-state index in [1.54, 1.807) is 6.26 Å². The lowest BCUT2D eigenvalue weighted by Gasteiger charge is -2.63. The third-order valence-corrected chi connectivity index (χ3v) is 10.5. The van der Waals surface area contributed by atoms with Crippen molar-refractivity contribution in [1.82, 2.24) is 0 Å². The van der Waals surface area contributed by atoms with Gasteiger partial charge in [0.15, 0.2) is 0 Å². The van der Waals surface area contributed by atoms with Crippen LogP contribution in [0.3, 0.4) is 0 Å². The van der Waals surface area contributed by atoms with Crippen molar-refractivity contribution in [3.05, 3.63) is 24.2 Å². The Bertz CT molecular complexity index is 735. The zero-order valence-corrected chi connectivity index (χ0v) is 18.9. The van der Waals surface area contributed by atoms with E-state index >= 15 is 0 Å². The fourth-order valence-electron chi connectivity index (χ4n) is 8.68. The number of ether oxygens (including phenoxy) is 1. The van der Waals surface area contributed by atoms with Gasteiger partial charge in [0.1, 0.15) is 0 Å². The molecule has 0 aliphatic heterocycles. The van der Waals surface area contributed by atoms with Gasteiger partial charge in [-0.25, -0.2) is 0 Å². The highest BCUT2D eigenvalue weighted by molar-refractivity contribution is 5.26. The summed E-state index contributed by atoms with van der Waals surface area (Å²) in [5, 5.41) is 12.3. The number of nitrogens with two attached hydrogens (primary N) is 1. The van der Waals surface area contributed by atoms with Gasteiger partial charge in [-0.1, -0.05) is 13.8 Å². The molecule has 0 saturated heterocycles. The summed E-state index contributed by atoms with van der Waals surface area (Å²) in [6.45, 7) is 6.46. The maximum absolute atomic E-state index is 12.3. The Hall–Kier alpha value is -0.840. The highest BCUT2D eigenvalue weighted by atomic mass is 16.5. The highest BCUT2D eigenvalue weighted by Gasteiger charge is 2.67. The van der Waals surface area contributed by atoms with Crippen LogP contribution in [-0.4, -0.2) is 30.0 Å². The first-order valence-corrected chi connectivity index (χ1v) is 12.5. The van der Waals surface area contributed by atoms with Gasteiger partial charge >= 0.3 is 0 Å². The van der Waals surface area contributed by atoms with Gasteiger partial charge in [0.05, 0.1) is 24.2 Å². The van der Waals surface area contributed by atoms with Crippen molar-refractivity contribution in [2.45, 2.75) is 95.7 Å². The van der Waals surface area contributed by atoms with Crippen LogP contribution < -0.4 is 5.73 Å². The Labute approximate surface area is 181 Å². The number of rotatable bonds is 5. The van der Waals surface area contributed by atoms with Crippen molar-refractivity contribution in [1.29, 1.82) is 0 Å². The summed E-state index contributed by atoms with van der Waals surface area (Å²) < 4.78 is 11.6. The maximum Gasteiger partial charge on any atom is 0.0937 e. The topological polar surface area (TPSA) is 68.6 Å². The van der Waals surface area contributed by atoms with E-state index in [1.807, 2.05) is 6.26 Å². The van der Waals surface area contributed by atoms with Gasteiger partial charge < -0.3 is 20.0 Å². The minimum atomic E-state index is -0.527. The number of hydrogen-bond donors (Lipinski definition) is 2. The molecule has 4 fully saturated rings. The first-order chi connectivity index (χ1) is 14.4. The molecular weight excluding hydrogens is 374 g/mol. The number of hydrogen-bond acceptors (Lipinski definition) is 4. The highest BCUT2D eigenvalue weighted by Crippen LogP contribution is 2.70. The van der Waals surface area contributed by atoms with E-state index in [9.17, 15) is 5.11 Å². The largest absolute Gasteiger partial charge is 0.472 e. The molecule has 0 amide bonds. The van der Waals surface area contributed by atoms with Crippen LogP contribution in [-0.2, 0) is 4.74 Å².